The summed E-state index contributed by atoms with van der Waals surface area (Å²) in [5.41, 5.74) is 4.82. The summed E-state index contributed by atoms with van der Waals surface area (Å²) in [6.45, 7) is 0. The van der Waals surface area contributed by atoms with Crippen LogP contribution in [-0.4, -0.2) is 40.7 Å². The van der Waals surface area contributed by atoms with E-state index in [1.165, 1.54) is 4.68 Å². The maximum atomic E-state index is 13.7. The Morgan fingerprint density at radius 2 is 1.77 bits per heavy atom. The quantitative estimate of drug-likeness (QED) is 0.175. The summed E-state index contributed by atoms with van der Waals surface area (Å²) in [5.74, 6) is 0.599. The van der Waals surface area contributed by atoms with Crippen molar-refractivity contribution in [2.75, 3.05) is 5.32 Å². The molecule has 0 unspecified atom stereocenters. The van der Waals surface area contributed by atoms with Crippen LogP contribution >= 0.6 is 23.2 Å². The number of imidazole rings is 1. The molecule has 0 aliphatic heterocycles. The van der Waals surface area contributed by atoms with Crippen molar-refractivity contribution in [3.63, 3.8) is 0 Å². The Labute approximate surface area is 255 Å². The van der Waals surface area contributed by atoms with E-state index in [4.69, 9.17) is 28.3 Å². The fourth-order valence-corrected chi connectivity index (χ4v) is 5.19. The van der Waals surface area contributed by atoms with Gasteiger partial charge in [0.2, 0.25) is 0 Å². The summed E-state index contributed by atoms with van der Waals surface area (Å²) in [6, 6.07) is 25.1. The molecule has 0 fully saturated rings. The van der Waals surface area contributed by atoms with Crippen molar-refractivity contribution < 1.29 is 9.90 Å². The SMILES string of the molecule is O=C(O)Nc1ccc(-c2cnc([C@H](Cc3ccccc3)n3ccc(-c4cc(Cl)ccc4-n4cc(Cl)nn4)cc3=O)[nH]2)cc1. The van der Waals surface area contributed by atoms with E-state index >= 15 is 0 Å². The van der Waals surface area contributed by atoms with E-state index in [1.807, 2.05) is 36.4 Å². The molecule has 1 atom stereocenters. The number of nitrogens with zero attached hydrogens (tertiary/aromatic N) is 5. The monoisotopic (exact) mass is 611 g/mol. The smallest absolute Gasteiger partial charge is 0.409 e. The van der Waals surface area contributed by atoms with Crippen LogP contribution in [0.5, 0.6) is 0 Å². The van der Waals surface area contributed by atoms with Crippen LogP contribution in [0.3, 0.4) is 0 Å². The van der Waals surface area contributed by atoms with Crippen LogP contribution in [0.1, 0.15) is 17.4 Å². The number of aromatic nitrogens is 6. The molecule has 3 heterocycles. The number of anilines is 1. The van der Waals surface area contributed by atoms with Crippen LogP contribution in [0, 0.1) is 0 Å². The molecule has 0 spiro atoms. The topological polar surface area (TPSA) is 131 Å². The number of benzene rings is 3. The fourth-order valence-electron chi connectivity index (χ4n) is 4.89. The van der Waals surface area contributed by atoms with Gasteiger partial charge in [-0.1, -0.05) is 70.9 Å². The molecule has 3 N–H and O–H groups in total. The van der Waals surface area contributed by atoms with Crippen molar-refractivity contribution in [3.8, 4) is 28.1 Å². The molecule has 0 radical (unpaired) electrons. The normalized spacial score (nSPS) is 11.8. The molecule has 1 amide bonds. The number of rotatable bonds is 8. The summed E-state index contributed by atoms with van der Waals surface area (Å²) < 4.78 is 3.18. The van der Waals surface area contributed by atoms with Crippen LogP contribution in [0.25, 0.3) is 28.1 Å². The van der Waals surface area contributed by atoms with E-state index in [9.17, 15) is 9.59 Å². The molecule has 3 aromatic heterocycles. The lowest BCUT2D eigenvalue weighted by Crippen LogP contribution is -2.27. The van der Waals surface area contributed by atoms with Gasteiger partial charge in [0.25, 0.3) is 5.56 Å². The van der Waals surface area contributed by atoms with Gasteiger partial charge in [-0.2, -0.15) is 0 Å². The van der Waals surface area contributed by atoms with Gasteiger partial charge in [-0.05, 0) is 53.1 Å². The highest BCUT2D eigenvalue weighted by Crippen LogP contribution is 2.30. The predicted molar refractivity (Wildman–Crippen MR) is 165 cm³/mol. The summed E-state index contributed by atoms with van der Waals surface area (Å²) in [7, 11) is 0. The Bertz CT molecular complexity index is 1970. The largest absolute Gasteiger partial charge is 0.465 e. The molecule has 10 nitrogen and oxygen atoms in total. The summed E-state index contributed by atoms with van der Waals surface area (Å²) in [6.07, 6.45) is 4.41. The highest BCUT2D eigenvalue weighted by molar-refractivity contribution is 6.31. The molecule has 6 aromatic rings. The number of amides is 1. The maximum Gasteiger partial charge on any atom is 0.409 e. The molecule has 43 heavy (non-hydrogen) atoms. The van der Waals surface area contributed by atoms with Crippen LogP contribution in [0.4, 0.5) is 10.5 Å². The minimum Gasteiger partial charge on any atom is -0.465 e. The van der Waals surface area contributed by atoms with Gasteiger partial charge in [0, 0.05) is 35.0 Å². The van der Waals surface area contributed by atoms with Gasteiger partial charge >= 0.3 is 6.09 Å². The predicted octanol–water partition coefficient (Wildman–Crippen LogP) is 6.71. The first kappa shape index (κ1) is 28.0. The lowest BCUT2D eigenvalue weighted by molar-refractivity contribution is 0.209. The number of carbonyl (C=O) groups is 1. The van der Waals surface area contributed by atoms with E-state index in [0.29, 0.717) is 39.8 Å². The number of nitrogens with one attached hydrogen (secondary N) is 2. The maximum absolute atomic E-state index is 13.7. The number of hydrogen-bond donors (Lipinski definition) is 3. The van der Waals surface area contributed by atoms with Crippen molar-refractivity contribution in [1.82, 2.24) is 29.5 Å². The van der Waals surface area contributed by atoms with Crippen molar-refractivity contribution in [3.05, 3.63) is 135 Å². The van der Waals surface area contributed by atoms with Gasteiger partial charge in [-0.25, -0.2) is 14.5 Å². The Morgan fingerprint density at radius 3 is 2.47 bits per heavy atom. The van der Waals surface area contributed by atoms with Crippen LogP contribution in [0.15, 0.2) is 108 Å². The molecule has 3 aromatic carbocycles. The first-order valence-corrected chi connectivity index (χ1v) is 13.9. The molecular formula is C31H23Cl2N7O3. The molecule has 214 valence electrons. The van der Waals surface area contributed by atoms with Gasteiger partial charge in [-0.15, -0.1) is 5.10 Å². The van der Waals surface area contributed by atoms with Gasteiger partial charge in [0.15, 0.2) is 5.15 Å². The van der Waals surface area contributed by atoms with Gasteiger partial charge in [0.05, 0.1) is 29.8 Å². The zero-order chi connectivity index (χ0) is 29.9. The third kappa shape index (κ3) is 6.20. The van der Waals surface area contributed by atoms with E-state index in [2.05, 4.69) is 25.6 Å². The van der Waals surface area contributed by atoms with Crippen molar-refractivity contribution in [1.29, 1.82) is 0 Å². The van der Waals surface area contributed by atoms with Crippen LogP contribution < -0.4 is 10.9 Å². The summed E-state index contributed by atoms with van der Waals surface area (Å²) in [4.78, 5) is 32.7. The number of pyridine rings is 1. The molecule has 0 aliphatic carbocycles. The molecule has 6 rings (SSSR count). The van der Waals surface area contributed by atoms with Crippen molar-refractivity contribution in [2.45, 2.75) is 12.5 Å². The number of hydrogen-bond acceptors (Lipinski definition) is 5. The zero-order valence-electron chi connectivity index (χ0n) is 22.4. The highest BCUT2D eigenvalue weighted by Gasteiger charge is 2.21. The first-order chi connectivity index (χ1) is 20.8. The molecular weight excluding hydrogens is 589 g/mol. The number of aromatic amines is 1. The molecule has 0 saturated carbocycles. The number of halogens is 2. The van der Waals surface area contributed by atoms with E-state index in [1.54, 1.807) is 71.7 Å². The molecule has 0 aliphatic rings. The molecule has 0 bridgehead atoms. The van der Waals surface area contributed by atoms with Crippen LogP contribution in [-0.2, 0) is 6.42 Å². The van der Waals surface area contributed by atoms with Crippen LogP contribution in [0.2, 0.25) is 10.2 Å². The number of carboxylic acid groups (broad SMARTS) is 1. The van der Waals surface area contributed by atoms with E-state index in [0.717, 1.165) is 16.8 Å². The first-order valence-electron chi connectivity index (χ1n) is 13.1. The lowest BCUT2D eigenvalue weighted by Gasteiger charge is -2.19. The third-order valence-electron chi connectivity index (χ3n) is 6.90. The van der Waals surface area contributed by atoms with E-state index < -0.39 is 12.1 Å². The Morgan fingerprint density at radius 1 is 0.977 bits per heavy atom. The Hall–Kier alpha value is -5.19. The second kappa shape index (κ2) is 12.0. The third-order valence-corrected chi connectivity index (χ3v) is 7.30. The minimum absolute atomic E-state index is 0.233. The average Bonchev–Trinajstić information content (AvgIpc) is 3.66. The van der Waals surface area contributed by atoms with Crippen molar-refractivity contribution in [2.24, 2.45) is 0 Å². The van der Waals surface area contributed by atoms with E-state index in [-0.39, 0.29) is 10.7 Å². The lowest BCUT2D eigenvalue weighted by atomic mass is 10.0. The molecule has 0 saturated heterocycles. The second-order valence-corrected chi connectivity index (χ2v) is 10.5. The highest BCUT2D eigenvalue weighted by atomic mass is 35.5. The zero-order valence-corrected chi connectivity index (χ0v) is 23.9. The summed E-state index contributed by atoms with van der Waals surface area (Å²) in [5, 5.41) is 20.0. The Balaban J connectivity index is 1.38. The Kier molecular flexibility index (Phi) is 7.78. The number of H-pyrrole nitrogens is 1. The van der Waals surface area contributed by atoms with Crippen molar-refractivity contribution >= 4 is 35.0 Å². The minimum atomic E-state index is -1.13. The fraction of sp³-hybridized carbons (Fsp3) is 0.0645. The van der Waals surface area contributed by atoms with Gasteiger partial charge in [-0.3, -0.25) is 10.1 Å². The average molecular weight is 612 g/mol. The second-order valence-electron chi connectivity index (χ2n) is 9.70. The van der Waals surface area contributed by atoms with Gasteiger partial charge in [0.1, 0.15) is 5.82 Å². The standard InChI is InChI=1S/C31H23Cl2N7O3/c32-22-8-11-26(40-18-28(33)37-38-40)24(16-22)21-12-13-39(29(41)15-21)27(14-19-4-2-1-3-5-19)30-34-17-25(36-30)20-6-9-23(10-7-20)35-31(42)43/h1-13,15-18,27,35H,14H2,(H,34,36)(H,42,43)/t27-/m0/s1. The molecule has 12 heteroatoms. The summed E-state index contributed by atoms with van der Waals surface area (Å²) >= 11 is 12.3. The van der Waals surface area contributed by atoms with Gasteiger partial charge < -0.3 is 14.7 Å².